The fourth-order valence-corrected chi connectivity index (χ4v) is 2.06. The van der Waals surface area contributed by atoms with Gasteiger partial charge in [0.15, 0.2) is 0 Å². The Hall–Kier alpha value is -1.43. The average Bonchev–Trinajstić information content (AvgIpc) is 2.84. The standard InChI is InChI=1S/C13H24N4O2/c1-5-13(8-14,12(18)19-6-2)7-11-15-9-16-17(11)10(3)4/h9-10H,5-8,14H2,1-4H3. The zero-order valence-electron chi connectivity index (χ0n) is 12.2. The van der Waals surface area contributed by atoms with Gasteiger partial charge in [-0.15, -0.1) is 0 Å². The molecule has 0 saturated heterocycles. The van der Waals surface area contributed by atoms with Crippen LogP contribution in [-0.2, 0) is 16.0 Å². The summed E-state index contributed by atoms with van der Waals surface area (Å²) >= 11 is 0. The minimum absolute atomic E-state index is 0.201. The molecule has 0 bridgehead atoms. The lowest BCUT2D eigenvalue weighted by molar-refractivity contribution is -0.155. The Labute approximate surface area is 114 Å². The second-order valence-electron chi connectivity index (χ2n) is 4.95. The highest BCUT2D eigenvalue weighted by molar-refractivity contribution is 5.77. The fraction of sp³-hybridized carbons (Fsp3) is 0.769. The van der Waals surface area contributed by atoms with E-state index < -0.39 is 5.41 Å². The number of hydrogen-bond acceptors (Lipinski definition) is 5. The van der Waals surface area contributed by atoms with E-state index in [9.17, 15) is 4.79 Å². The molecule has 1 atom stereocenters. The van der Waals surface area contributed by atoms with E-state index in [0.717, 1.165) is 5.82 Å². The Morgan fingerprint density at radius 3 is 2.68 bits per heavy atom. The summed E-state index contributed by atoms with van der Waals surface area (Å²) in [4.78, 5) is 16.4. The van der Waals surface area contributed by atoms with Gasteiger partial charge >= 0.3 is 5.97 Å². The lowest BCUT2D eigenvalue weighted by atomic mass is 9.81. The third-order valence-electron chi connectivity index (χ3n) is 3.41. The Balaban J connectivity index is 3.01. The molecule has 2 N–H and O–H groups in total. The molecule has 0 aromatic carbocycles. The molecule has 19 heavy (non-hydrogen) atoms. The van der Waals surface area contributed by atoms with Gasteiger partial charge in [0, 0.05) is 19.0 Å². The number of nitrogens with two attached hydrogens (primary N) is 1. The summed E-state index contributed by atoms with van der Waals surface area (Å²) in [5, 5.41) is 4.19. The van der Waals surface area contributed by atoms with Crippen molar-refractivity contribution < 1.29 is 9.53 Å². The van der Waals surface area contributed by atoms with E-state index in [1.54, 1.807) is 6.92 Å². The largest absolute Gasteiger partial charge is 0.466 e. The molecule has 0 aliphatic heterocycles. The summed E-state index contributed by atoms with van der Waals surface area (Å²) in [5.74, 6) is 0.522. The van der Waals surface area contributed by atoms with Gasteiger partial charge in [-0.2, -0.15) is 5.10 Å². The van der Waals surface area contributed by atoms with Crippen LogP contribution in [0.4, 0.5) is 0 Å². The number of esters is 1. The SMILES string of the molecule is CCOC(=O)C(CC)(CN)Cc1ncnn1C(C)C. The fourth-order valence-electron chi connectivity index (χ4n) is 2.06. The number of ether oxygens (including phenoxy) is 1. The maximum atomic E-state index is 12.2. The Morgan fingerprint density at radius 1 is 1.53 bits per heavy atom. The number of rotatable bonds is 7. The maximum Gasteiger partial charge on any atom is 0.313 e. The minimum Gasteiger partial charge on any atom is -0.466 e. The predicted molar refractivity (Wildman–Crippen MR) is 72.5 cm³/mol. The highest BCUT2D eigenvalue weighted by Crippen LogP contribution is 2.27. The van der Waals surface area contributed by atoms with E-state index in [-0.39, 0.29) is 18.6 Å². The summed E-state index contributed by atoms with van der Waals surface area (Å²) < 4.78 is 6.98. The molecule has 1 rings (SSSR count). The molecule has 0 aliphatic rings. The second-order valence-corrected chi connectivity index (χ2v) is 4.95. The van der Waals surface area contributed by atoms with Crippen LogP contribution in [0.3, 0.4) is 0 Å². The van der Waals surface area contributed by atoms with E-state index in [0.29, 0.717) is 19.4 Å². The van der Waals surface area contributed by atoms with Gasteiger partial charge in [-0.3, -0.25) is 4.79 Å². The van der Waals surface area contributed by atoms with Crippen LogP contribution in [0.15, 0.2) is 6.33 Å². The van der Waals surface area contributed by atoms with Crippen molar-refractivity contribution in [3.8, 4) is 0 Å². The average molecular weight is 268 g/mol. The lowest BCUT2D eigenvalue weighted by Crippen LogP contribution is -2.42. The summed E-state index contributed by atoms with van der Waals surface area (Å²) in [6.45, 7) is 8.40. The van der Waals surface area contributed by atoms with Crippen molar-refractivity contribution in [2.24, 2.45) is 11.1 Å². The Kier molecular flexibility index (Phi) is 5.47. The molecule has 1 heterocycles. The highest BCUT2D eigenvalue weighted by Gasteiger charge is 2.38. The molecule has 0 saturated carbocycles. The third kappa shape index (κ3) is 3.32. The monoisotopic (exact) mass is 268 g/mol. The first-order valence-corrected chi connectivity index (χ1v) is 6.76. The van der Waals surface area contributed by atoms with Crippen LogP contribution in [0.5, 0.6) is 0 Å². The van der Waals surface area contributed by atoms with Crippen LogP contribution in [0, 0.1) is 5.41 Å². The highest BCUT2D eigenvalue weighted by atomic mass is 16.5. The van der Waals surface area contributed by atoms with Crippen molar-refractivity contribution in [2.75, 3.05) is 13.2 Å². The summed E-state index contributed by atoms with van der Waals surface area (Å²) in [6, 6.07) is 0.201. The van der Waals surface area contributed by atoms with E-state index >= 15 is 0 Å². The molecule has 1 unspecified atom stereocenters. The van der Waals surface area contributed by atoms with Gasteiger partial charge in [0.05, 0.1) is 12.0 Å². The van der Waals surface area contributed by atoms with Crippen molar-refractivity contribution in [1.82, 2.24) is 14.8 Å². The van der Waals surface area contributed by atoms with Crippen LogP contribution >= 0.6 is 0 Å². The number of nitrogens with zero attached hydrogens (tertiary/aromatic N) is 3. The van der Waals surface area contributed by atoms with Crippen molar-refractivity contribution >= 4 is 5.97 Å². The van der Waals surface area contributed by atoms with Crippen LogP contribution in [0.25, 0.3) is 0 Å². The van der Waals surface area contributed by atoms with Gasteiger partial charge in [0.25, 0.3) is 0 Å². The first kappa shape index (κ1) is 15.6. The zero-order valence-corrected chi connectivity index (χ0v) is 12.2. The van der Waals surface area contributed by atoms with Gasteiger partial charge in [0.1, 0.15) is 12.2 Å². The molecule has 0 spiro atoms. The van der Waals surface area contributed by atoms with Gasteiger partial charge < -0.3 is 10.5 Å². The summed E-state index contributed by atoms with van der Waals surface area (Å²) in [7, 11) is 0. The molecular weight excluding hydrogens is 244 g/mol. The number of hydrogen-bond donors (Lipinski definition) is 1. The molecule has 0 fully saturated rings. The van der Waals surface area contributed by atoms with Crippen molar-refractivity contribution in [3.05, 3.63) is 12.2 Å². The normalized spacial score (nSPS) is 14.4. The summed E-state index contributed by atoms with van der Waals surface area (Å²) in [6.07, 6.45) is 2.59. The second kappa shape index (κ2) is 6.65. The number of carbonyl (C=O) groups is 1. The van der Waals surface area contributed by atoms with E-state index in [1.807, 2.05) is 25.5 Å². The first-order valence-electron chi connectivity index (χ1n) is 6.76. The molecule has 6 nitrogen and oxygen atoms in total. The van der Waals surface area contributed by atoms with Gasteiger partial charge in [-0.25, -0.2) is 9.67 Å². The summed E-state index contributed by atoms with van der Waals surface area (Å²) in [5.41, 5.74) is 5.12. The molecule has 0 aliphatic carbocycles. The van der Waals surface area contributed by atoms with E-state index in [4.69, 9.17) is 10.5 Å². The lowest BCUT2D eigenvalue weighted by Gasteiger charge is -2.28. The van der Waals surface area contributed by atoms with Gasteiger partial charge in [-0.05, 0) is 27.2 Å². The molecule has 108 valence electrons. The maximum absolute atomic E-state index is 12.2. The number of carbonyl (C=O) groups excluding carboxylic acids is 1. The topological polar surface area (TPSA) is 83.0 Å². The third-order valence-corrected chi connectivity index (χ3v) is 3.41. The molecular formula is C13H24N4O2. The van der Waals surface area contributed by atoms with E-state index in [2.05, 4.69) is 10.1 Å². The molecule has 0 amide bonds. The van der Waals surface area contributed by atoms with E-state index in [1.165, 1.54) is 6.33 Å². The van der Waals surface area contributed by atoms with Crippen molar-refractivity contribution in [2.45, 2.75) is 46.6 Å². The van der Waals surface area contributed by atoms with Crippen LogP contribution < -0.4 is 5.73 Å². The molecule has 0 radical (unpaired) electrons. The first-order chi connectivity index (χ1) is 9.00. The molecule has 1 aromatic rings. The van der Waals surface area contributed by atoms with Gasteiger partial charge in [-0.1, -0.05) is 6.92 Å². The van der Waals surface area contributed by atoms with Crippen molar-refractivity contribution in [3.63, 3.8) is 0 Å². The molecule has 1 aromatic heterocycles. The Bertz CT molecular complexity index is 411. The van der Waals surface area contributed by atoms with Crippen LogP contribution in [0.2, 0.25) is 0 Å². The quantitative estimate of drug-likeness (QED) is 0.754. The van der Waals surface area contributed by atoms with Crippen molar-refractivity contribution in [1.29, 1.82) is 0 Å². The van der Waals surface area contributed by atoms with Crippen LogP contribution in [0.1, 0.15) is 46.0 Å². The Morgan fingerprint density at radius 2 is 2.21 bits per heavy atom. The smallest absolute Gasteiger partial charge is 0.313 e. The van der Waals surface area contributed by atoms with Crippen LogP contribution in [-0.4, -0.2) is 33.9 Å². The molecule has 6 heteroatoms. The predicted octanol–water partition coefficient (Wildman–Crippen LogP) is 1.32. The number of aromatic nitrogens is 3. The minimum atomic E-state index is -0.713. The van der Waals surface area contributed by atoms with Gasteiger partial charge in [0.2, 0.25) is 0 Å². The zero-order chi connectivity index (χ0) is 14.5.